The van der Waals surface area contributed by atoms with Crippen molar-refractivity contribution in [1.29, 1.82) is 0 Å². The topological polar surface area (TPSA) is 60.6 Å². The maximum atomic E-state index is 13.0. The molecule has 2 N–H and O–H groups in total. The Hall–Kier alpha value is -2.69. The molecule has 0 aliphatic carbocycles. The lowest BCUT2D eigenvalue weighted by molar-refractivity contribution is -0.236. The lowest BCUT2D eigenvalue weighted by Crippen LogP contribution is -2.52. The van der Waals surface area contributed by atoms with Crippen molar-refractivity contribution < 1.29 is 22.7 Å². The van der Waals surface area contributed by atoms with Gasteiger partial charge < -0.3 is 19.5 Å². The first-order valence-corrected chi connectivity index (χ1v) is 12.9. The molecule has 0 bridgehead atoms. The van der Waals surface area contributed by atoms with E-state index >= 15 is 0 Å². The molecule has 2 fully saturated rings. The number of anilines is 1. The van der Waals surface area contributed by atoms with Crippen LogP contribution < -0.4 is 9.62 Å². The van der Waals surface area contributed by atoms with Gasteiger partial charge >= 0.3 is 6.18 Å². The van der Waals surface area contributed by atoms with Crippen LogP contribution in [0.5, 0.6) is 0 Å². The third kappa shape index (κ3) is 5.50. The normalized spacial score (nSPS) is 18.8. The quantitative estimate of drug-likeness (QED) is 0.443. The lowest BCUT2D eigenvalue weighted by Gasteiger charge is -2.33. The predicted octanol–water partition coefficient (Wildman–Crippen LogP) is 5.13. The molecule has 1 aromatic heterocycles. The number of fused-ring (bicyclic) bond motifs is 1. The van der Waals surface area contributed by atoms with Crippen LogP contribution in [-0.4, -0.2) is 67.4 Å². The van der Waals surface area contributed by atoms with Gasteiger partial charge in [0.15, 0.2) is 6.10 Å². The number of morpholine rings is 1. The molecule has 3 heterocycles. The second-order valence-electron chi connectivity index (χ2n) is 9.31. The number of aromatic amines is 1. The second-order valence-corrected chi connectivity index (χ2v) is 10.3. The van der Waals surface area contributed by atoms with Gasteiger partial charge in [-0.25, -0.2) is 0 Å². The highest BCUT2D eigenvalue weighted by Gasteiger charge is 2.44. The van der Waals surface area contributed by atoms with Gasteiger partial charge in [-0.2, -0.15) is 13.2 Å². The molecular weight excluding hydrogens is 489 g/mol. The van der Waals surface area contributed by atoms with Crippen LogP contribution in [0.2, 0.25) is 0 Å². The molecule has 192 valence electrons. The van der Waals surface area contributed by atoms with Crippen molar-refractivity contribution in [2.45, 2.75) is 36.9 Å². The van der Waals surface area contributed by atoms with Crippen molar-refractivity contribution in [2.75, 3.05) is 44.2 Å². The highest BCUT2D eigenvalue weighted by atomic mass is 32.2. The van der Waals surface area contributed by atoms with Crippen LogP contribution in [0.1, 0.15) is 18.4 Å². The number of amides is 1. The van der Waals surface area contributed by atoms with Crippen molar-refractivity contribution in [3.63, 3.8) is 0 Å². The molecule has 0 saturated carbocycles. The number of aryl methyl sites for hydroxylation is 1. The Morgan fingerprint density at radius 3 is 2.72 bits per heavy atom. The summed E-state index contributed by atoms with van der Waals surface area (Å²) in [6.07, 6.45) is -4.07. The molecule has 36 heavy (non-hydrogen) atoms. The summed E-state index contributed by atoms with van der Waals surface area (Å²) >= 11 is 1.31. The summed E-state index contributed by atoms with van der Waals surface area (Å²) in [7, 11) is 0. The number of hydrogen-bond donors (Lipinski definition) is 2. The molecule has 1 unspecified atom stereocenters. The highest BCUT2D eigenvalue weighted by molar-refractivity contribution is 7.97. The Balaban J connectivity index is 1.30. The largest absolute Gasteiger partial charge is 0.416 e. The summed E-state index contributed by atoms with van der Waals surface area (Å²) in [6, 6.07) is 14.7. The van der Waals surface area contributed by atoms with Gasteiger partial charge in [-0.1, -0.05) is 11.6 Å². The Bertz CT molecular complexity index is 1240. The third-order valence-electron chi connectivity index (χ3n) is 6.68. The maximum Gasteiger partial charge on any atom is 0.416 e. The first-order chi connectivity index (χ1) is 17.3. The van der Waals surface area contributed by atoms with Crippen molar-refractivity contribution in [2.24, 2.45) is 0 Å². The van der Waals surface area contributed by atoms with Crippen LogP contribution in [0.15, 0.2) is 47.4 Å². The minimum Gasteiger partial charge on any atom is -0.371 e. The molecule has 0 spiro atoms. The Kier molecular flexibility index (Phi) is 7.18. The number of nitrogens with one attached hydrogen (secondary N) is 2. The Morgan fingerprint density at radius 2 is 1.94 bits per heavy atom. The summed E-state index contributed by atoms with van der Waals surface area (Å²) in [6.45, 7) is 3.62. The fourth-order valence-electron chi connectivity index (χ4n) is 4.79. The van der Waals surface area contributed by atoms with Crippen LogP contribution >= 0.6 is 11.9 Å². The second kappa shape index (κ2) is 10.4. The zero-order valence-corrected chi connectivity index (χ0v) is 20.8. The molecule has 10 heteroatoms. The molecule has 6 nitrogen and oxygen atoms in total. The summed E-state index contributed by atoms with van der Waals surface area (Å²) in [5.74, 6) is -0.375. The van der Waals surface area contributed by atoms with E-state index in [9.17, 15) is 18.0 Å². The molecule has 2 aliphatic heterocycles. The average molecular weight is 519 g/mol. The van der Waals surface area contributed by atoms with Crippen molar-refractivity contribution >= 4 is 34.4 Å². The number of carbonyl (C=O) groups is 1. The van der Waals surface area contributed by atoms with E-state index in [1.54, 1.807) is 0 Å². The number of nitrogens with zero attached hydrogens (tertiary/aromatic N) is 2. The number of halogens is 3. The predicted molar refractivity (Wildman–Crippen MR) is 136 cm³/mol. The fraction of sp³-hybridized carbons (Fsp3) is 0.423. The van der Waals surface area contributed by atoms with Crippen molar-refractivity contribution in [3.05, 3.63) is 48.0 Å². The van der Waals surface area contributed by atoms with E-state index in [1.807, 2.05) is 6.07 Å². The highest BCUT2D eigenvalue weighted by Crippen LogP contribution is 2.37. The molecule has 2 aliphatic rings. The van der Waals surface area contributed by atoms with Gasteiger partial charge in [0.2, 0.25) is 5.91 Å². The summed E-state index contributed by atoms with van der Waals surface area (Å²) in [5.41, 5.74) is 5.57. The van der Waals surface area contributed by atoms with E-state index in [4.69, 9.17) is 4.74 Å². The van der Waals surface area contributed by atoms with Gasteiger partial charge in [-0.15, -0.1) is 0 Å². The van der Waals surface area contributed by atoms with Crippen LogP contribution in [0.4, 0.5) is 18.9 Å². The van der Waals surface area contributed by atoms with E-state index in [2.05, 4.69) is 57.9 Å². The molecule has 3 aromatic rings. The Labute approximate surface area is 212 Å². The average Bonchev–Trinajstić information content (AvgIpc) is 3.53. The summed E-state index contributed by atoms with van der Waals surface area (Å²) in [4.78, 5) is 20.6. The van der Waals surface area contributed by atoms with E-state index in [-0.39, 0.29) is 25.6 Å². The molecule has 5 rings (SSSR count). The van der Waals surface area contributed by atoms with Crippen LogP contribution in [0, 0.1) is 6.92 Å². The standard InChI is InChI=1S/C26H29F3N4O2S/c1-17-4-6-21-18(12-17)13-22(31-21)20-14-19(5-7-23(20)32-8-2-3-9-32)36-30-15-25(34)33-10-11-35-24(16-33)26(27,28)29/h4-7,12-14,24,30-31H,2-3,8-11,15-16H2,1H3. The van der Waals surface area contributed by atoms with Gasteiger partial charge in [0, 0.05) is 52.4 Å². The van der Waals surface area contributed by atoms with E-state index in [0.29, 0.717) is 0 Å². The zero-order chi connectivity index (χ0) is 25.3. The van der Waals surface area contributed by atoms with E-state index < -0.39 is 18.8 Å². The molecule has 1 amide bonds. The molecule has 1 atom stereocenters. The molecular formula is C26H29F3N4O2S. The monoisotopic (exact) mass is 518 g/mol. The minimum atomic E-state index is -4.48. The third-order valence-corrected chi connectivity index (χ3v) is 7.46. The number of rotatable bonds is 6. The van der Waals surface area contributed by atoms with Crippen LogP contribution in [0.3, 0.4) is 0 Å². The fourth-order valence-corrected chi connectivity index (χ4v) is 5.47. The van der Waals surface area contributed by atoms with E-state index in [0.717, 1.165) is 40.1 Å². The van der Waals surface area contributed by atoms with Crippen LogP contribution in [0.25, 0.3) is 22.2 Å². The lowest BCUT2D eigenvalue weighted by atomic mass is 10.1. The van der Waals surface area contributed by atoms with Gasteiger partial charge in [-0.3, -0.25) is 9.52 Å². The van der Waals surface area contributed by atoms with Gasteiger partial charge in [0.05, 0.1) is 19.7 Å². The zero-order valence-electron chi connectivity index (χ0n) is 20.0. The number of aromatic nitrogens is 1. The maximum absolute atomic E-state index is 13.0. The van der Waals surface area contributed by atoms with E-state index in [1.165, 1.54) is 40.9 Å². The summed E-state index contributed by atoms with van der Waals surface area (Å²) in [5, 5.41) is 1.15. The smallest absolute Gasteiger partial charge is 0.371 e. The summed E-state index contributed by atoms with van der Waals surface area (Å²) < 4.78 is 46.7. The van der Waals surface area contributed by atoms with Crippen LogP contribution in [-0.2, 0) is 9.53 Å². The van der Waals surface area contributed by atoms with Gasteiger partial charge in [-0.05, 0) is 68.1 Å². The number of hydrogen-bond acceptors (Lipinski definition) is 5. The minimum absolute atomic E-state index is 0.0654. The molecule has 2 aromatic carbocycles. The molecule has 0 radical (unpaired) electrons. The van der Waals surface area contributed by atoms with Gasteiger partial charge in [0.25, 0.3) is 0 Å². The first kappa shape index (κ1) is 25.0. The Morgan fingerprint density at radius 1 is 1.14 bits per heavy atom. The number of benzene rings is 2. The van der Waals surface area contributed by atoms with Crippen molar-refractivity contribution in [1.82, 2.24) is 14.6 Å². The number of H-pyrrole nitrogens is 1. The first-order valence-electron chi connectivity index (χ1n) is 12.1. The SMILES string of the molecule is Cc1ccc2[nH]c(-c3cc(SNCC(=O)N4CCOC(C(F)(F)F)C4)ccc3N3CCCC3)cc2c1. The van der Waals surface area contributed by atoms with Gasteiger partial charge in [0.1, 0.15) is 0 Å². The molecule has 2 saturated heterocycles. The number of carbonyl (C=O) groups excluding carboxylic acids is 1. The number of ether oxygens (including phenoxy) is 1. The number of alkyl halides is 3. The van der Waals surface area contributed by atoms with Crippen molar-refractivity contribution in [3.8, 4) is 11.3 Å².